The Kier molecular flexibility index (Phi) is 3.78. The minimum Gasteiger partial charge on any atom is -0.245 e. The van der Waals surface area contributed by atoms with E-state index in [1.54, 1.807) is 12.1 Å². The Hall–Kier alpha value is -1.76. The first-order valence-electron chi connectivity index (χ1n) is 7.30. The van der Waals surface area contributed by atoms with Crippen LogP contribution in [-0.4, -0.2) is 18.6 Å². The highest BCUT2D eigenvalue weighted by Gasteiger charge is 2.45. The maximum atomic E-state index is 13.3. The SMILES string of the molecule is Cc1ccc(S(=O)(=O)n2ccc3c2C(C(F)(F)F)CCC3)cc1. The van der Waals surface area contributed by atoms with Crippen molar-refractivity contribution in [1.29, 1.82) is 0 Å². The molecule has 1 aliphatic rings. The van der Waals surface area contributed by atoms with E-state index in [9.17, 15) is 21.6 Å². The highest BCUT2D eigenvalue weighted by molar-refractivity contribution is 7.90. The van der Waals surface area contributed by atoms with Crippen LogP contribution in [0, 0.1) is 6.92 Å². The number of aryl methyl sites for hydroxylation is 2. The summed E-state index contributed by atoms with van der Waals surface area (Å²) in [4.78, 5) is -0.00648. The van der Waals surface area contributed by atoms with Crippen LogP contribution in [0.25, 0.3) is 0 Å². The second-order valence-electron chi connectivity index (χ2n) is 5.83. The van der Waals surface area contributed by atoms with Gasteiger partial charge in [-0.05, 0) is 49.9 Å². The van der Waals surface area contributed by atoms with Crippen molar-refractivity contribution in [1.82, 2.24) is 3.97 Å². The summed E-state index contributed by atoms with van der Waals surface area (Å²) in [6.45, 7) is 1.81. The van der Waals surface area contributed by atoms with Crippen LogP contribution in [0.1, 0.15) is 35.6 Å². The largest absolute Gasteiger partial charge is 0.397 e. The number of aromatic nitrogens is 1. The molecule has 3 rings (SSSR count). The van der Waals surface area contributed by atoms with Crippen LogP contribution >= 0.6 is 0 Å². The number of hydrogen-bond donors (Lipinski definition) is 0. The molecule has 1 aromatic carbocycles. The number of nitrogens with zero attached hydrogens (tertiary/aromatic N) is 1. The Morgan fingerprint density at radius 2 is 1.78 bits per heavy atom. The summed E-state index contributed by atoms with van der Waals surface area (Å²) in [6.07, 6.45) is -2.41. The molecule has 0 aliphatic heterocycles. The predicted molar refractivity (Wildman–Crippen MR) is 79.9 cm³/mol. The van der Waals surface area contributed by atoms with E-state index in [-0.39, 0.29) is 17.0 Å². The molecule has 0 N–H and O–H groups in total. The van der Waals surface area contributed by atoms with Gasteiger partial charge in [0.2, 0.25) is 0 Å². The molecule has 0 saturated heterocycles. The molecule has 0 amide bonds. The standard InChI is InChI=1S/C16H16F3NO2S/c1-11-5-7-13(8-6-11)23(21,22)20-10-9-12-3-2-4-14(15(12)20)16(17,18)19/h5-10,14H,2-4H2,1H3. The van der Waals surface area contributed by atoms with E-state index in [2.05, 4.69) is 0 Å². The molecule has 0 spiro atoms. The summed E-state index contributed by atoms with van der Waals surface area (Å²) >= 11 is 0. The fourth-order valence-electron chi connectivity index (χ4n) is 3.04. The van der Waals surface area contributed by atoms with Gasteiger partial charge in [-0.15, -0.1) is 0 Å². The van der Waals surface area contributed by atoms with E-state index in [1.165, 1.54) is 24.4 Å². The molecule has 0 radical (unpaired) electrons. The molecule has 1 aromatic heterocycles. The number of benzene rings is 1. The molecule has 3 nitrogen and oxygen atoms in total. The van der Waals surface area contributed by atoms with Crippen LogP contribution in [0.4, 0.5) is 13.2 Å². The van der Waals surface area contributed by atoms with E-state index in [0.29, 0.717) is 18.4 Å². The van der Waals surface area contributed by atoms with Gasteiger partial charge in [-0.2, -0.15) is 13.2 Å². The van der Waals surface area contributed by atoms with Gasteiger partial charge in [0, 0.05) is 11.9 Å². The van der Waals surface area contributed by atoms with Crippen LogP contribution in [0.15, 0.2) is 41.4 Å². The molecule has 23 heavy (non-hydrogen) atoms. The molecule has 0 saturated carbocycles. The van der Waals surface area contributed by atoms with Crippen molar-refractivity contribution >= 4 is 10.0 Å². The molecule has 0 fully saturated rings. The van der Waals surface area contributed by atoms with Crippen molar-refractivity contribution in [2.24, 2.45) is 0 Å². The monoisotopic (exact) mass is 343 g/mol. The Balaban J connectivity index is 2.15. The van der Waals surface area contributed by atoms with Crippen molar-refractivity contribution in [3.8, 4) is 0 Å². The first kappa shape index (κ1) is 16.1. The highest BCUT2D eigenvalue weighted by atomic mass is 32.2. The van der Waals surface area contributed by atoms with Gasteiger partial charge in [0.05, 0.1) is 10.8 Å². The average molecular weight is 343 g/mol. The Labute approximate surface area is 132 Å². The van der Waals surface area contributed by atoms with Crippen LogP contribution in [-0.2, 0) is 16.4 Å². The van der Waals surface area contributed by atoms with Crippen LogP contribution < -0.4 is 0 Å². The van der Waals surface area contributed by atoms with Gasteiger partial charge >= 0.3 is 6.18 Å². The topological polar surface area (TPSA) is 39.1 Å². The van der Waals surface area contributed by atoms with Crippen LogP contribution in [0.2, 0.25) is 0 Å². The average Bonchev–Trinajstić information content (AvgIpc) is 2.91. The Morgan fingerprint density at radius 1 is 1.13 bits per heavy atom. The fourth-order valence-corrected chi connectivity index (χ4v) is 4.47. The second-order valence-corrected chi connectivity index (χ2v) is 7.64. The third-order valence-corrected chi connectivity index (χ3v) is 5.92. The van der Waals surface area contributed by atoms with Crippen molar-refractivity contribution in [3.05, 3.63) is 53.3 Å². The molecule has 1 unspecified atom stereocenters. The predicted octanol–water partition coefficient (Wildman–Crippen LogP) is 4.02. The lowest BCUT2D eigenvalue weighted by Gasteiger charge is -2.27. The molecule has 2 aromatic rings. The third kappa shape index (κ3) is 2.78. The summed E-state index contributed by atoms with van der Waals surface area (Å²) in [5.74, 6) is -1.73. The fraction of sp³-hybridized carbons (Fsp3) is 0.375. The van der Waals surface area contributed by atoms with E-state index in [4.69, 9.17) is 0 Å². The van der Waals surface area contributed by atoms with Crippen molar-refractivity contribution in [3.63, 3.8) is 0 Å². The quantitative estimate of drug-likeness (QED) is 0.826. The van der Waals surface area contributed by atoms with Gasteiger partial charge in [-0.3, -0.25) is 0 Å². The maximum absolute atomic E-state index is 13.3. The smallest absolute Gasteiger partial charge is 0.245 e. The molecule has 1 heterocycles. The molecule has 124 valence electrons. The summed E-state index contributed by atoms with van der Waals surface area (Å²) in [5.41, 5.74) is 1.21. The number of fused-ring (bicyclic) bond motifs is 1. The van der Waals surface area contributed by atoms with Gasteiger partial charge < -0.3 is 0 Å². The third-order valence-electron chi connectivity index (χ3n) is 4.22. The molecule has 1 atom stereocenters. The number of hydrogen-bond acceptors (Lipinski definition) is 2. The first-order chi connectivity index (χ1) is 10.7. The zero-order chi connectivity index (χ0) is 16.8. The van der Waals surface area contributed by atoms with Gasteiger partial charge in [0.15, 0.2) is 0 Å². The first-order valence-corrected chi connectivity index (χ1v) is 8.74. The molecule has 0 bridgehead atoms. The van der Waals surface area contributed by atoms with Gasteiger partial charge in [0.25, 0.3) is 10.0 Å². The number of halogens is 3. The molecular formula is C16H16F3NO2S. The van der Waals surface area contributed by atoms with E-state index < -0.39 is 22.1 Å². The summed E-state index contributed by atoms with van der Waals surface area (Å²) in [5, 5.41) is 0. The van der Waals surface area contributed by atoms with Crippen LogP contribution in [0.3, 0.4) is 0 Å². The van der Waals surface area contributed by atoms with E-state index in [1.807, 2.05) is 6.92 Å². The van der Waals surface area contributed by atoms with Gasteiger partial charge in [0.1, 0.15) is 0 Å². The zero-order valence-corrected chi connectivity index (χ0v) is 13.3. The van der Waals surface area contributed by atoms with Gasteiger partial charge in [-0.25, -0.2) is 12.4 Å². The lowest BCUT2D eigenvalue weighted by molar-refractivity contribution is -0.154. The second kappa shape index (κ2) is 5.40. The van der Waals surface area contributed by atoms with Gasteiger partial charge in [-0.1, -0.05) is 17.7 Å². The Bertz CT molecular complexity index is 820. The minimum absolute atomic E-state index is 0.00648. The number of rotatable bonds is 2. The Morgan fingerprint density at radius 3 is 2.39 bits per heavy atom. The van der Waals surface area contributed by atoms with E-state index >= 15 is 0 Å². The normalized spacial score (nSPS) is 18.7. The number of alkyl halides is 3. The molecule has 1 aliphatic carbocycles. The highest BCUT2D eigenvalue weighted by Crippen LogP contribution is 2.44. The van der Waals surface area contributed by atoms with Crippen molar-refractivity contribution in [2.75, 3.05) is 0 Å². The summed E-state index contributed by atoms with van der Waals surface area (Å²) in [6, 6.07) is 7.58. The zero-order valence-electron chi connectivity index (χ0n) is 12.5. The van der Waals surface area contributed by atoms with Crippen molar-refractivity contribution in [2.45, 2.75) is 43.2 Å². The van der Waals surface area contributed by atoms with Crippen LogP contribution in [0.5, 0.6) is 0 Å². The van der Waals surface area contributed by atoms with Crippen molar-refractivity contribution < 1.29 is 21.6 Å². The minimum atomic E-state index is -4.45. The molecular weight excluding hydrogens is 327 g/mol. The lowest BCUT2D eigenvalue weighted by atomic mass is 9.87. The van der Waals surface area contributed by atoms with E-state index in [0.717, 1.165) is 9.54 Å². The summed E-state index contributed by atoms with van der Waals surface area (Å²) in [7, 11) is -4.03. The summed E-state index contributed by atoms with van der Waals surface area (Å²) < 4.78 is 66.2. The lowest BCUT2D eigenvalue weighted by Crippen LogP contribution is -2.29. The maximum Gasteiger partial charge on any atom is 0.397 e. The molecule has 7 heteroatoms.